The van der Waals surface area contributed by atoms with Gasteiger partial charge in [0.25, 0.3) is 0 Å². The van der Waals surface area contributed by atoms with E-state index < -0.39 is 5.82 Å². The van der Waals surface area contributed by atoms with Gasteiger partial charge in [-0.05, 0) is 68.8 Å². The van der Waals surface area contributed by atoms with Crippen molar-refractivity contribution < 1.29 is 14.0 Å². The molecule has 2 N–H and O–H groups in total. The van der Waals surface area contributed by atoms with Crippen molar-refractivity contribution in [2.45, 2.75) is 25.8 Å². The van der Waals surface area contributed by atoms with Crippen LogP contribution in [-0.2, 0) is 16.0 Å². The van der Waals surface area contributed by atoms with Gasteiger partial charge in [0.15, 0.2) is 0 Å². The van der Waals surface area contributed by atoms with Crippen molar-refractivity contribution >= 4 is 46.4 Å². The molecule has 35 heavy (non-hydrogen) atoms. The Morgan fingerprint density at radius 2 is 1.97 bits per heavy atom. The first-order chi connectivity index (χ1) is 16.7. The van der Waals surface area contributed by atoms with Gasteiger partial charge in [-0.1, -0.05) is 23.2 Å². The molecule has 2 amide bonds. The van der Waals surface area contributed by atoms with Gasteiger partial charge in [-0.3, -0.25) is 9.59 Å². The number of carbonyl (C=O) groups excluding carboxylic acids is 2. The minimum Gasteiger partial charge on any atom is -0.374 e. The molecule has 0 spiro atoms. The first-order valence-electron chi connectivity index (χ1n) is 11.4. The molecule has 1 fully saturated rings. The molecule has 0 bridgehead atoms. The van der Waals surface area contributed by atoms with E-state index in [1.165, 1.54) is 6.07 Å². The summed E-state index contributed by atoms with van der Waals surface area (Å²) in [6, 6.07) is 7.62. The zero-order valence-corrected chi connectivity index (χ0v) is 21.0. The van der Waals surface area contributed by atoms with E-state index in [-0.39, 0.29) is 47.3 Å². The van der Waals surface area contributed by atoms with Gasteiger partial charge >= 0.3 is 0 Å². The lowest BCUT2D eigenvalue weighted by Crippen LogP contribution is -2.42. The molecule has 2 aromatic rings. The molecule has 0 aliphatic carbocycles. The first-order valence-corrected chi connectivity index (χ1v) is 12.2. The van der Waals surface area contributed by atoms with Crippen molar-refractivity contribution in [2.75, 3.05) is 43.9 Å². The van der Waals surface area contributed by atoms with Crippen LogP contribution in [0.1, 0.15) is 36.1 Å². The molecule has 1 saturated heterocycles. The molecular weight excluding hydrogens is 492 g/mol. The minimum atomic E-state index is -0.678. The molecule has 184 valence electrons. The molecule has 2 unspecified atom stereocenters. The maximum Gasteiger partial charge on any atom is 0.242 e. The molecule has 2 atom stereocenters. The van der Waals surface area contributed by atoms with Crippen molar-refractivity contribution in [3.8, 4) is 6.07 Å². The predicted molar refractivity (Wildman–Crippen MR) is 134 cm³/mol. The molecule has 2 aliphatic heterocycles. The summed E-state index contributed by atoms with van der Waals surface area (Å²) in [5.41, 5.74) is 2.15. The fourth-order valence-electron chi connectivity index (χ4n) is 4.80. The van der Waals surface area contributed by atoms with Crippen LogP contribution in [0.15, 0.2) is 24.3 Å². The zero-order chi connectivity index (χ0) is 25.3. The first kappa shape index (κ1) is 25.2. The molecule has 7 nitrogen and oxygen atoms in total. The number of rotatable bonds is 5. The Labute approximate surface area is 213 Å². The summed E-state index contributed by atoms with van der Waals surface area (Å²) in [5.74, 6) is -1.31. The van der Waals surface area contributed by atoms with E-state index >= 15 is 0 Å². The Bertz CT molecular complexity index is 1220. The third-order valence-corrected chi connectivity index (χ3v) is 7.22. The fourth-order valence-corrected chi connectivity index (χ4v) is 5.50. The van der Waals surface area contributed by atoms with E-state index in [1.807, 2.05) is 26.1 Å². The minimum absolute atomic E-state index is 0.0219. The highest BCUT2D eigenvalue weighted by molar-refractivity contribution is 6.35. The normalized spacial score (nSPS) is 19.7. The monoisotopic (exact) mass is 517 g/mol. The van der Waals surface area contributed by atoms with Crippen LogP contribution in [0.25, 0.3) is 0 Å². The van der Waals surface area contributed by atoms with E-state index in [1.54, 1.807) is 11.0 Å². The van der Waals surface area contributed by atoms with Gasteiger partial charge in [0.1, 0.15) is 11.9 Å². The molecule has 0 aromatic heterocycles. The lowest BCUT2D eigenvalue weighted by atomic mass is 9.93. The van der Waals surface area contributed by atoms with Crippen LogP contribution in [0.3, 0.4) is 0 Å². The number of nitrogens with zero attached hydrogens (tertiary/aromatic N) is 3. The van der Waals surface area contributed by atoms with Crippen LogP contribution in [0.4, 0.5) is 15.8 Å². The maximum absolute atomic E-state index is 14.7. The fraction of sp³-hybridized carbons (Fsp3) is 0.400. The van der Waals surface area contributed by atoms with Gasteiger partial charge in [0, 0.05) is 23.1 Å². The molecule has 2 aliphatic rings. The molecule has 4 rings (SSSR count). The summed E-state index contributed by atoms with van der Waals surface area (Å²) >= 11 is 12.5. The number of anilines is 2. The van der Waals surface area contributed by atoms with Crippen molar-refractivity contribution in [2.24, 2.45) is 5.92 Å². The third-order valence-electron chi connectivity index (χ3n) is 6.69. The van der Waals surface area contributed by atoms with Crippen molar-refractivity contribution in [3.05, 3.63) is 56.8 Å². The smallest absolute Gasteiger partial charge is 0.242 e. The number of amides is 2. The van der Waals surface area contributed by atoms with Crippen molar-refractivity contribution in [3.63, 3.8) is 0 Å². The second-order valence-electron chi connectivity index (χ2n) is 9.05. The number of likely N-dealkylation sites (tertiary alicyclic amines) is 1. The highest BCUT2D eigenvalue weighted by Gasteiger charge is 2.30. The van der Waals surface area contributed by atoms with Crippen LogP contribution in [-0.4, -0.2) is 54.8 Å². The Hall–Kier alpha value is -2.86. The summed E-state index contributed by atoms with van der Waals surface area (Å²) in [6.45, 7) is 3.67. The van der Waals surface area contributed by atoms with E-state index in [2.05, 4.69) is 15.5 Å². The molecule has 2 heterocycles. The lowest BCUT2D eigenvalue weighted by molar-refractivity contribution is -0.131. The summed E-state index contributed by atoms with van der Waals surface area (Å²) in [6.07, 6.45) is 1.34. The number of fused-ring (bicyclic) bond motifs is 1. The van der Waals surface area contributed by atoms with Gasteiger partial charge < -0.3 is 20.4 Å². The largest absolute Gasteiger partial charge is 0.374 e. The van der Waals surface area contributed by atoms with Gasteiger partial charge in [0.05, 0.1) is 35.4 Å². The summed E-state index contributed by atoms with van der Waals surface area (Å²) in [7, 11) is 1.94. The lowest BCUT2D eigenvalue weighted by Gasteiger charge is -2.36. The SMILES string of the molecule is CC1c2c(Cl)cc(Cl)cc2CCN1C(=O)CNc1cc(NC(=O)C2CCN(C)C2)c(C#N)cc1F. The second kappa shape index (κ2) is 10.4. The molecule has 0 radical (unpaired) electrons. The Kier molecular flexibility index (Phi) is 7.50. The second-order valence-corrected chi connectivity index (χ2v) is 9.90. The Morgan fingerprint density at radius 1 is 1.20 bits per heavy atom. The Balaban J connectivity index is 1.46. The summed E-state index contributed by atoms with van der Waals surface area (Å²) in [4.78, 5) is 29.4. The Morgan fingerprint density at radius 3 is 2.66 bits per heavy atom. The number of nitriles is 1. The predicted octanol–water partition coefficient (Wildman–Crippen LogP) is 4.45. The third kappa shape index (κ3) is 5.37. The number of benzene rings is 2. The van der Waals surface area contributed by atoms with E-state index in [4.69, 9.17) is 23.2 Å². The quantitative estimate of drug-likeness (QED) is 0.611. The van der Waals surface area contributed by atoms with Gasteiger partial charge in [-0.15, -0.1) is 0 Å². The summed E-state index contributed by atoms with van der Waals surface area (Å²) in [5, 5.41) is 16.1. The van der Waals surface area contributed by atoms with Crippen LogP contribution < -0.4 is 10.6 Å². The summed E-state index contributed by atoms with van der Waals surface area (Å²) < 4.78 is 14.7. The highest BCUT2D eigenvalue weighted by atomic mass is 35.5. The number of halogens is 3. The van der Waals surface area contributed by atoms with Crippen LogP contribution in [0.5, 0.6) is 0 Å². The number of carbonyl (C=O) groups is 2. The van der Waals surface area contributed by atoms with Crippen LogP contribution in [0.2, 0.25) is 10.0 Å². The van der Waals surface area contributed by atoms with Crippen LogP contribution in [0, 0.1) is 23.1 Å². The zero-order valence-electron chi connectivity index (χ0n) is 19.5. The van der Waals surface area contributed by atoms with Crippen molar-refractivity contribution in [1.29, 1.82) is 5.26 Å². The van der Waals surface area contributed by atoms with Gasteiger partial charge in [0.2, 0.25) is 11.8 Å². The van der Waals surface area contributed by atoms with E-state index in [9.17, 15) is 19.2 Å². The molecule has 10 heteroatoms. The maximum atomic E-state index is 14.7. The molecule has 2 aromatic carbocycles. The highest BCUT2D eigenvalue weighted by Crippen LogP contribution is 2.37. The number of hydrogen-bond donors (Lipinski definition) is 2. The van der Waals surface area contributed by atoms with Crippen LogP contribution >= 0.6 is 23.2 Å². The van der Waals surface area contributed by atoms with Gasteiger partial charge in [-0.25, -0.2) is 4.39 Å². The molecular formula is C25H26Cl2FN5O2. The number of nitrogens with one attached hydrogen (secondary N) is 2. The number of hydrogen-bond acceptors (Lipinski definition) is 5. The van der Waals surface area contributed by atoms with E-state index in [0.29, 0.717) is 29.6 Å². The molecule has 0 saturated carbocycles. The topological polar surface area (TPSA) is 88.5 Å². The van der Waals surface area contributed by atoms with Gasteiger partial charge in [-0.2, -0.15) is 5.26 Å². The standard InChI is InChI=1S/C25H26Cl2FN5O2/c1-14-24-15(7-18(26)9-19(24)27)4-6-33(14)23(34)12-30-22-10-21(17(11-29)8-20(22)28)31-25(35)16-3-5-32(2)13-16/h7-10,14,16,30H,3-6,12-13H2,1-2H3,(H,31,35). The average Bonchev–Trinajstić information content (AvgIpc) is 3.25. The average molecular weight is 518 g/mol. The van der Waals surface area contributed by atoms with Crippen molar-refractivity contribution in [1.82, 2.24) is 9.80 Å². The van der Waals surface area contributed by atoms with E-state index in [0.717, 1.165) is 30.2 Å².